The van der Waals surface area contributed by atoms with E-state index in [1.807, 2.05) is 6.07 Å². The highest BCUT2D eigenvalue weighted by Gasteiger charge is 2.05. The molecule has 0 aliphatic heterocycles. The average molecular weight is 288 g/mol. The van der Waals surface area contributed by atoms with Crippen LogP contribution in [0.15, 0.2) is 47.1 Å². The minimum atomic E-state index is -0.986. The van der Waals surface area contributed by atoms with Crippen LogP contribution in [0.1, 0.15) is 21.7 Å². The number of nitrogens with one attached hydrogen (secondary N) is 2. The van der Waals surface area contributed by atoms with Crippen LogP contribution >= 0.6 is 0 Å². The van der Waals surface area contributed by atoms with Crippen LogP contribution in [0.5, 0.6) is 0 Å². The van der Waals surface area contributed by atoms with Gasteiger partial charge in [0.1, 0.15) is 5.76 Å². The lowest BCUT2D eigenvalue weighted by Crippen LogP contribution is -2.36. The van der Waals surface area contributed by atoms with Gasteiger partial charge in [0.05, 0.1) is 11.8 Å². The Bertz CT molecular complexity index is 608. The van der Waals surface area contributed by atoms with Crippen molar-refractivity contribution < 1.29 is 19.1 Å². The van der Waals surface area contributed by atoms with E-state index in [-0.39, 0.29) is 18.1 Å². The van der Waals surface area contributed by atoms with Crippen LogP contribution < -0.4 is 10.6 Å². The van der Waals surface area contributed by atoms with Gasteiger partial charge in [0.15, 0.2) is 0 Å². The molecule has 21 heavy (non-hydrogen) atoms. The molecule has 2 rings (SSSR count). The molecule has 3 N–H and O–H groups in total. The van der Waals surface area contributed by atoms with E-state index in [1.165, 1.54) is 12.1 Å². The van der Waals surface area contributed by atoms with Gasteiger partial charge in [0, 0.05) is 19.5 Å². The summed E-state index contributed by atoms with van der Waals surface area (Å²) in [6.45, 7) is 0.738. The third-order valence-corrected chi connectivity index (χ3v) is 2.86. The first-order valence-corrected chi connectivity index (χ1v) is 6.51. The molecule has 0 saturated heterocycles. The maximum Gasteiger partial charge on any atom is 0.335 e. The van der Waals surface area contributed by atoms with Crippen molar-refractivity contribution in [3.8, 4) is 0 Å². The summed E-state index contributed by atoms with van der Waals surface area (Å²) in [6.07, 6.45) is 2.21. The van der Waals surface area contributed by atoms with Crippen molar-refractivity contribution in [2.75, 3.05) is 6.54 Å². The number of furan rings is 1. The third kappa shape index (κ3) is 4.68. The second-order valence-electron chi connectivity index (χ2n) is 4.44. The Balaban J connectivity index is 1.73. The van der Waals surface area contributed by atoms with Crippen molar-refractivity contribution in [2.24, 2.45) is 0 Å². The van der Waals surface area contributed by atoms with E-state index in [9.17, 15) is 9.59 Å². The molecular weight excluding hydrogens is 272 g/mol. The smallest absolute Gasteiger partial charge is 0.335 e. The Morgan fingerprint density at radius 3 is 2.71 bits per heavy atom. The molecule has 0 spiro atoms. The summed E-state index contributed by atoms with van der Waals surface area (Å²) in [6, 6.07) is 9.79. The van der Waals surface area contributed by atoms with E-state index in [2.05, 4.69) is 10.6 Å². The normalized spacial score (nSPS) is 10.1. The summed E-state index contributed by atoms with van der Waals surface area (Å²) in [5, 5.41) is 14.3. The lowest BCUT2D eigenvalue weighted by molar-refractivity contribution is 0.0696. The molecule has 0 aliphatic rings. The molecule has 0 atom stereocenters. The van der Waals surface area contributed by atoms with Gasteiger partial charge < -0.3 is 20.2 Å². The fourth-order valence-electron chi connectivity index (χ4n) is 1.81. The summed E-state index contributed by atoms with van der Waals surface area (Å²) in [4.78, 5) is 22.4. The number of hydrogen-bond acceptors (Lipinski definition) is 3. The molecule has 6 heteroatoms. The van der Waals surface area contributed by atoms with E-state index in [1.54, 1.807) is 24.5 Å². The van der Waals surface area contributed by atoms with E-state index in [4.69, 9.17) is 9.52 Å². The monoisotopic (exact) mass is 288 g/mol. The molecule has 6 nitrogen and oxygen atoms in total. The van der Waals surface area contributed by atoms with E-state index < -0.39 is 5.97 Å². The number of aromatic carboxylic acids is 1. The largest absolute Gasteiger partial charge is 0.478 e. The van der Waals surface area contributed by atoms with Crippen molar-refractivity contribution in [2.45, 2.75) is 13.0 Å². The van der Waals surface area contributed by atoms with E-state index in [0.29, 0.717) is 13.0 Å². The summed E-state index contributed by atoms with van der Waals surface area (Å²) in [5.41, 5.74) is 0.934. The first-order valence-electron chi connectivity index (χ1n) is 6.51. The van der Waals surface area contributed by atoms with Gasteiger partial charge in [-0.25, -0.2) is 9.59 Å². The molecule has 0 unspecified atom stereocenters. The highest BCUT2D eigenvalue weighted by molar-refractivity contribution is 5.87. The van der Waals surface area contributed by atoms with Crippen molar-refractivity contribution in [1.82, 2.24) is 10.6 Å². The molecule has 0 radical (unpaired) electrons. The number of rotatable bonds is 6. The highest BCUT2D eigenvalue weighted by Crippen LogP contribution is 2.05. The zero-order chi connectivity index (χ0) is 15.1. The Kier molecular flexibility index (Phi) is 4.98. The molecule has 0 aliphatic carbocycles. The minimum absolute atomic E-state index is 0.201. The SMILES string of the molecule is O=C(NCCc1ccco1)NCc1cccc(C(=O)O)c1. The van der Waals surface area contributed by atoms with E-state index in [0.717, 1.165) is 11.3 Å². The first kappa shape index (κ1) is 14.6. The van der Waals surface area contributed by atoms with Crippen molar-refractivity contribution in [3.05, 3.63) is 59.5 Å². The number of urea groups is 1. The lowest BCUT2D eigenvalue weighted by atomic mass is 10.1. The van der Waals surface area contributed by atoms with Gasteiger partial charge in [-0.3, -0.25) is 0 Å². The van der Waals surface area contributed by atoms with Crippen molar-refractivity contribution >= 4 is 12.0 Å². The number of carboxylic acids is 1. The van der Waals surface area contributed by atoms with Gasteiger partial charge in [0.25, 0.3) is 0 Å². The van der Waals surface area contributed by atoms with Crippen LogP contribution in [0.2, 0.25) is 0 Å². The molecule has 1 heterocycles. The molecule has 0 fully saturated rings. The second kappa shape index (κ2) is 7.14. The van der Waals surface area contributed by atoms with Gasteiger partial charge >= 0.3 is 12.0 Å². The summed E-state index contributed by atoms with van der Waals surface area (Å²) in [7, 11) is 0. The molecule has 2 aromatic rings. The van der Waals surface area contributed by atoms with Gasteiger partial charge in [-0.05, 0) is 29.8 Å². The predicted octanol–water partition coefficient (Wildman–Crippen LogP) is 2.02. The number of hydrogen-bond donors (Lipinski definition) is 3. The van der Waals surface area contributed by atoms with Crippen LogP contribution in [0.25, 0.3) is 0 Å². The van der Waals surface area contributed by atoms with Crippen molar-refractivity contribution in [1.29, 1.82) is 0 Å². The molecule has 1 aromatic heterocycles. The van der Waals surface area contributed by atoms with Gasteiger partial charge in [0.2, 0.25) is 0 Å². The molecule has 0 bridgehead atoms. The molecule has 0 saturated carbocycles. The van der Waals surface area contributed by atoms with Gasteiger partial charge in [-0.2, -0.15) is 0 Å². The predicted molar refractivity (Wildman–Crippen MR) is 76.1 cm³/mol. The van der Waals surface area contributed by atoms with Crippen LogP contribution in [0.3, 0.4) is 0 Å². The fraction of sp³-hybridized carbons (Fsp3) is 0.200. The average Bonchev–Trinajstić information content (AvgIpc) is 2.99. The molecular formula is C15H16N2O4. The van der Waals surface area contributed by atoms with E-state index >= 15 is 0 Å². The standard InChI is InChI=1S/C15H16N2O4/c18-14(19)12-4-1-3-11(9-12)10-17-15(20)16-7-6-13-5-2-8-21-13/h1-5,8-9H,6-7,10H2,(H,18,19)(H2,16,17,20). The van der Waals surface area contributed by atoms with Crippen LogP contribution in [0, 0.1) is 0 Å². The Labute approximate surface area is 121 Å². The first-order chi connectivity index (χ1) is 10.1. The lowest BCUT2D eigenvalue weighted by Gasteiger charge is -2.07. The van der Waals surface area contributed by atoms with Crippen LogP contribution in [-0.2, 0) is 13.0 Å². The Morgan fingerprint density at radius 1 is 1.14 bits per heavy atom. The topological polar surface area (TPSA) is 91.6 Å². The zero-order valence-electron chi connectivity index (χ0n) is 11.3. The summed E-state index contributed by atoms with van der Waals surface area (Å²) >= 11 is 0. The quantitative estimate of drug-likeness (QED) is 0.758. The fourth-order valence-corrected chi connectivity index (χ4v) is 1.81. The highest BCUT2D eigenvalue weighted by atomic mass is 16.4. The zero-order valence-corrected chi connectivity index (χ0v) is 11.3. The molecule has 2 amide bonds. The third-order valence-electron chi connectivity index (χ3n) is 2.86. The molecule has 110 valence electrons. The van der Waals surface area contributed by atoms with Crippen LogP contribution in [-0.4, -0.2) is 23.7 Å². The number of benzene rings is 1. The van der Waals surface area contributed by atoms with Gasteiger partial charge in [-0.1, -0.05) is 12.1 Å². The second-order valence-corrected chi connectivity index (χ2v) is 4.44. The minimum Gasteiger partial charge on any atom is -0.478 e. The number of carbonyl (C=O) groups excluding carboxylic acids is 1. The van der Waals surface area contributed by atoms with Crippen LogP contribution in [0.4, 0.5) is 4.79 Å². The number of carbonyl (C=O) groups is 2. The maximum atomic E-state index is 11.6. The summed E-state index contributed by atoms with van der Waals surface area (Å²) in [5.74, 6) is -0.177. The Morgan fingerprint density at radius 2 is 2.00 bits per heavy atom. The summed E-state index contributed by atoms with van der Waals surface area (Å²) < 4.78 is 5.15. The Hall–Kier alpha value is -2.76. The number of amides is 2. The van der Waals surface area contributed by atoms with Gasteiger partial charge in [-0.15, -0.1) is 0 Å². The maximum absolute atomic E-state index is 11.6. The number of carboxylic acid groups (broad SMARTS) is 1. The van der Waals surface area contributed by atoms with Crippen molar-refractivity contribution in [3.63, 3.8) is 0 Å². The molecule has 1 aromatic carbocycles.